The Kier molecular flexibility index (Phi) is 7.00. The molecule has 2 aliphatic heterocycles. The second kappa shape index (κ2) is 8.52. The Labute approximate surface area is 143 Å². The number of hydrogen-bond acceptors (Lipinski definition) is 2. The van der Waals surface area contributed by atoms with Crippen LogP contribution in [0.5, 0.6) is 0 Å². The summed E-state index contributed by atoms with van der Waals surface area (Å²) >= 11 is 3.59. The molecular weight excluding hydrogens is 348 g/mol. The van der Waals surface area contributed by atoms with E-state index in [9.17, 15) is 0 Å². The van der Waals surface area contributed by atoms with Crippen LogP contribution in [-0.4, -0.2) is 37.6 Å². The van der Waals surface area contributed by atoms with Crippen LogP contribution in [-0.2, 0) is 0 Å². The molecule has 1 aromatic rings. The molecule has 0 radical (unpaired) electrons. The molecule has 0 saturated carbocycles. The fourth-order valence-electron chi connectivity index (χ4n) is 3.65. The van der Waals surface area contributed by atoms with Crippen molar-refractivity contribution in [1.29, 1.82) is 0 Å². The Bertz CT molecular complexity index is 427. The quantitative estimate of drug-likeness (QED) is 0.860. The van der Waals surface area contributed by atoms with E-state index in [1.807, 2.05) is 0 Å². The third kappa shape index (κ3) is 4.95. The van der Waals surface area contributed by atoms with Crippen molar-refractivity contribution in [3.8, 4) is 0 Å². The summed E-state index contributed by atoms with van der Waals surface area (Å²) in [4.78, 5) is 2.69. The zero-order chi connectivity index (χ0) is 13.8. The monoisotopic (exact) mass is 372 g/mol. The maximum Gasteiger partial charge on any atom is 0.0178 e. The molecule has 3 rings (SSSR count). The van der Waals surface area contributed by atoms with Crippen molar-refractivity contribution in [2.45, 2.75) is 31.6 Å². The first-order chi connectivity index (χ1) is 9.81. The van der Waals surface area contributed by atoms with E-state index < -0.39 is 0 Å². The zero-order valence-electron chi connectivity index (χ0n) is 12.6. The zero-order valence-corrected chi connectivity index (χ0v) is 15.0. The summed E-state index contributed by atoms with van der Waals surface area (Å²) in [7, 11) is 0. The van der Waals surface area contributed by atoms with E-state index in [0.717, 1.165) is 11.8 Å². The Morgan fingerprint density at radius 1 is 1.19 bits per heavy atom. The van der Waals surface area contributed by atoms with Gasteiger partial charge in [-0.05, 0) is 81.4 Å². The van der Waals surface area contributed by atoms with Gasteiger partial charge in [-0.25, -0.2) is 0 Å². The van der Waals surface area contributed by atoms with Gasteiger partial charge in [-0.3, -0.25) is 0 Å². The Balaban J connectivity index is 0.00000161. The predicted octanol–water partition coefficient (Wildman–Crippen LogP) is 4.05. The minimum Gasteiger partial charge on any atom is -0.316 e. The molecule has 2 saturated heterocycles. The minimum absolute atomic E-state index is 0. The van der Waals surface area contributed by atoms with Gasteiger partial charge in [0.05, 0.1) is 0 Å². The van der Waals surface area contributed by atoms with Crippen LogP contribution in [0, 0.1) is 5.92 Å². The predicted molar refractivity (Wildman–Crippen MR) is 95.4 cm³/mol. The summed E-state index contributed by atoms with van der Waals surface area (Å²) in [6.45, 7) is 6.30. The van der Waals surface area contributed by atoms with Crippen molar-refractivity contribution in [2.75, 3.05) is 32.7 Å². The summed E-state index contributed by atoms with van der Waals surface area (Å²) in [5.41, 5.74) is 1.51. The summed E-state index contributed by atoms with van der Waals surface area (Å²) in [6, 6.07) is 8.87. The van der Waals surface area contributed by atoms with E-state index >= 15 is 0 Å². The number of hydrogen-bond donors (Lipinski definition) is 1. The van der Waals surface area contributed by atoms with Gasteiger partial charge in [0.15, 0.2) is 0 Å². The lowest BCUT2D eigenvalue weighted by molar-refractivity contribution is 0.169. The smallest absolute Gasteiger partial charge is 0.0178 e. The van der Waals surface area contributed by atoms with Crippen molar-refractivity contribution < 1.29 is 0 Å². The molecule has 2 aliphatic rings. The average molecular weight is 374 g/mol. The molecule has 1 atom stereocenters. The van der Waals surface area contributed by atoms with Crippen LogP contribution >= 0.6 is 28.3 Å². The van der Waals surface area contributed by atoms with E-state index in [0.29, 0.717) is 0 Å². The van der Waals surface area contributed by atoms with Crippen LogP contribution in [0.4, 0.5) is 0 Å². The minimum atomic E-state index is 0. The highest BCUT2D eigenvalue weighted by Crippen LogP contribution is 2.30. The molecule has 2 heterocycles. The molecule has 1 N–H and O–H groups in total. The highest BCUT2D eigenvalue weighted by molar-refractivity contribution is 9.10. The van der Waals surface area contributed by atoms with Gasteiger partial charge in [0.25, 0.3) is 0 Å². The Hall–Kier alpha value is -0.0900. The van der Waals surface area contributed by atoms with Crippen molar-refractivity contribution in [3.63, 3.8) is 0 Å². The number of likely N-dealkylation sites (tertiary alicyclic amines) is 1. The summed E-state index contributed by atoms with van der Waals surface area (Å²) in [5, 5.41) is 3.53. The van der Waals surface area contributed by atoms with Gasteiger partial charge >= 0.3 is 0 Å². The van der Waals surface area contributed by atoms with E-state index in [1.165, 1.54) is 68.4 Å². The first-order valence-electron chi connectivity index (χ1n) is 8.00. The van der Waals surface area contributed by atoms with Crippen LogP contribution in [0.2, 0.25) is 0 Å². The molecule has 0 aliphatic carbocycles. The van der Waals surface area contributed by atoms with Crippen LogP contribution in [0.1, 0.15) is 37.2 Å². The third-order valence-corrected chi connectivity index (χ3v) is 5.32. The summed E-state index contributed by atoms with van der Waals surface area (Å²) in [5.74, 6) is 1.64. The van der Waals surface area contributed by atoms with E-state index in [1.54, 1.807) is 0 Å². The van der Waals surface area contributed by atoms with Crippen molar-refractivity contribution in [1.82, 2.24) is 10.2 Å². The van der Waals surface area contributed by atoms with Gasteiger partial charge in [-0.1, -0.05) is 28.1 Å². The lowest BCUT2D eigenvalue weighted by Gasteiger charge is -2.35. The van der Waals surface area contributed by atoms with E-state index in [4.69, 9.17) is 0 Å². The number of halogens is 2. The van der Waals surface area contributed by atoms with Crippen LogP contribution in [0.25, 0.3) is 0 Å². The van der Waals surface area contributed by atoms with Gasteiger partial charge in [-0.2, -0.15) is 0 Å². The Morgan fingerprint density at radius 2 is 2.00 bits per heavy atom. The van der Waals surface area contributed by atoms with Crippen LogP contribution < -0.4 is 5.32 Å². The normalized spacial score (nSPS) is 24.5. The lowest BCUT2D eigenvalue weighted by Crippen LogP contribution is -2.41. The second-order valence-corrected chi connectivity index (χ2v) is 7.26. The molecule has 2 fully saturated rings. The fourth-order valence-corrected chi connectivity index (χ4v) is 4.07. The third-order valence-electron chi connectivity index (χ3n) is 4.82. The Morgan fingerprint density at radius 3 is 2.67 bits per heavy atom. The lowest BCUT2D eigenvalue weighted by atomic mass is 9.88. The molecule has 21 heavy (non-hydrogen) atoms. The van der Waals surface area contributed by atoms with Gasteiger partial charge in [0.2, 0.25) is 0 Å². The molecule has 0 aromatic heterocycles. The molecular formula is C17H26BrClN2. The highest BCUT2D eigenvalue weighted by Gasteiger charge is 2.23. The number of benzene rings is 1. The molecule has 118 valence electrons. The molecule has 4 heteroatoms. The number of nitrogens with zero attached hydrogens (tertiary/aromatic N) is 1. The number of rotatable bonds is 3. The highest BCUT2D eigenvalue weighted by atomic mass is 79.9. The molecule has 2 nitrogen and oxygen atoms in total. The number of nitrogens with one attached hydrogen (secondary N) is 1. The molecule has 0 spiro atoms. The SMILES string of the molecule is Brc1cccc(C2CCN(CC3CCCNC3)CC2)c1.Cl. The molecule has 0 bridgehead atoms. The molecule has 0 amide bonds. The van der Waals surface area contributed by atoms with Crippen LogP contribution in [0.3, 0.4) is 0 Å². The van der Waals surface area contributed by atoms with Crippen molar-refractivity contribution in [2.24, 2.45) is 5.92 Å². The first-order valence-corrected chi connectivity index (χ1v) is 8.79. The second-order valence-electron chi connectivity index (χ2n) is 6.34. The summed E-state index contributed by atoms with van der Waals surface area (Å²) < 4.78 is 1.21. The van der Waals surface area contributed by atoms with Crippen molar-refractivity contribution in [3.05, 3.63) is 34.3 Å². The first kappa shape index (κ1) is 17.3. The fraction of sp³-hybridized carbons (Fsp3) is 0.647. The van der Waals surface area contributed by atoms with E-state index in [2.05, 4.69) is 50.4 Å². The number of piperidine rings is 2. The maximum absolute atomic E-state index is 3.59. The standard InChI is InChI=1S/C17H25BrN2.ClH/c18-17-5-1-4-16(11-17)15-6-9-20(10-7-15)13-14-3-2-8-19-12-14;/h1,4-5,11,14-15,19H,2-3,6-10,12-13H2;1H. The van der Waals surface area contributed by atoms with Gasteiger partial charge in [0, 0.05) is 11.0 Å². The van der Waals surface area contributed by atoms with Gasteiger partial charge in [0.1, 0.15) is 0 Å². The topological polar surface area (TPSA) is 15.3 Å². The van der Waals surface area contributed by atoms with Crippen molar-refractivity contribution >= 4 is 28.3 Å². The van der Waals surface area contributed by atoms with Gasteiger partial charge < -0.3 is 10.2 Å². The summed E-state index contributed by atoms with van der Waals surface area (Å²) in [6.07, 6.45) is 5.41. The maximum atomic E-state index is 3.59. The van der Waals surface area contributed by atoms with Gasteiger partial charge in [-0.15, -0.1) is 12.4 Å². The molecule has 1 aromatic carbocycles. The largest absolute Gasteiger partial charge is 0.316 e. The van der Waals surface area contributed by atoms with Crippen LogP contribution in [0.15, 0.2) is 28.7 Å². The average Bonchev–Trinajstić information content (AvgIpc) is 2.49. The van der Waals surface area contributed by atoms with E-state index in [-0.39, 0.29) is 12.4 Å². The molecule has 1 unspecified atom stereocenters.